The zero-order valence-corrected chi connectivity index (χ0v) is 15.4. The van der Waals surface area contributed by atoms with E-state index in [-0.39, 0.29) is 5.91 Å². The zero-order valence-electron chi connectivity index (χ0n) is 13.8. The molecule has 0 saturated heterocycles. The van der Waals surface area contributed by atoms with Crippen molar-refractivity contribution < 1.29 is 4.79 Å². The Labute approximate surface area is 155 Å². The molecule has 2 aromatic carbocycles. The fourth-order valence-electron chi connectivity index (χ4n) is 2.50. The van der Waals surface area contributed by atoms with Gasteiger partial charge in [0.25, 0.3) is 5.91 Å². The van der Waals surface area contributed by atoms with Gasteiger partial charge in [0.2, 0.25) is 0 Å². The molecule has 0 fully saturated rings. The Morgan fingerprint density at radius 3 is 2.52 bits per heavy atom. The highest BCUT2D eigenvalue weighted by molar-refractivity contribution is 9.10. The smallest absolute Gasteiger partial charge is 0.257 e. The SMILES string of the molecule is CCc1ccccc1Nc1cncc(C(=O)Nc2ccccc2Br)c1. The number of aromatic nitrogens is 1. The van der Waals surface area contributed by atoms with Crippen LogP contribution < -0.4 is 10.6 Å². The monoisotopic (exact) mass is 395 g/mol. The van der Waals surface area contributed by atoms with E-state index in [0.29, 0.717) is 5.56 Å². The predicted octanol–water partition coefficient (Wildman–Crippen LogP) is 5.40. The van der Waals surface area contributed by atoms with Crippen LogP contribution in [0.15, 0.2) is 71.5 Å². The third-order valence-corrected chi connectivity index (χ3v) is 4.49. The molecule has 3 rings (SSSR count). The summed E-state index contributed by atoms with van der Waals surface area (Å²) in [6.45, 7) is 2.11. The van der Waals surface area contributed by atoms with Gasteiger partial charge in [0.1, 0.15) is 0 Å². The lowest BCUT2D eigenvalue weighted by Gasteiger charge is -2.12. The Balaban J connectivity index is 1.79. The van der Waals surface area contributed by atoms with Gasteiger partial charge in [-0.2, -0.15) is 0 Å². The average molecular weight is 396 g/mol. The summed E-state index contributed by atoms with van der Waals surface area (Å²) < 4.78 is 0.836. The highest BCUT2D eigenvalue weighted by Crippen LogP contribution is 2.24. The maximum Gasteiger partial charge on any atom is 0.257 e. The molecule has 3 aromatic rings. The lowest BCUT2D eigenvalue weighted by molar-refractivity contribution is 0.102. The highest BCUT2D eigenvalue weighted by atomic mass is 79.9. The number of nitrogens with one attached hydrogen (secondary N) is 2. The first-order valence-corrected chi connectivity index (χ1v) is 8.82. The standard InChI is InChI=1S/C20H18BrN3O/c1-2-14-7-3-5-9-18(14)23-16-11-15(12-22-13-16)20(25)24-19-10-6-4-8-17(19)21/h3-13,23H,2H2,1H3,(H,24,25). The number of carbonyl (C=O) groups excluding carboxylic acids is 1. The predicted molar refractivity (Wildman–Crippen MR) is 105 cm³/mol. The fourth-order valence-corrected chi connectivity index (χ4v) is 2.88. The Kier molecular flexibility index (Phi) is 5.46. The normalized spacial score (nSPS) is 10.3. The van der Waals surface area contributed by atoms with E-state index in [2.05, 4.69) is 44.5 Å². The van der Waals surface area contributed by atoms with Crippen molar-refractivity contribution in [3.05, 3.63) is 82.6 Å². The number of aryl methyl sites for hydroxylation is 1. The third-order valence-electron chi connectivity index (χ3n) is 3.80. The Bertz CT molecular complexity index is 895. The maximum absolute atomic E-state index is 12.5. The van der Waals surface area contributed by atoms with E-state index < -0.39 is 0 Å². The second-order valence-electron chi connectivity index (χ2n) is 5.53. The first-order chi connectivity index (χ1) is 12.2. The molecular weight excluding hydrogens is 378 g/mol. The van der Waals surface area contributed by atoms with E-state index in [1.165, 1.54) is 5.56 Å². The van der Waals surface area contributed by atoms with Crippen molar-refractivity contribution in [2.45, 2.75) is 13.3 Å². The summed E-state index contributed by atoms with van der Waals surface area (Å²) in [5, 5.41) is 6.23. The molecular formula is C20H18BrN3O. The van der Waals surface area contributed by atoms with Gasteiger partial charge < -0.3 is 10.6 Å². The van der Waals surface area contributed by atoms with Gasteiger partial charge >= 0.3 is 0 Å². The number of anilines is 3. The largest absolute Gasteiger partial charge is 0.354 e. The van der Waals surface area contributed by atoms with Gasteiger partial charge in [-0.15, -0.1) is 0 Å². The Hall–Kier alpha value is -2.66. The number of hydrogen-bond acceptors (Lipinski definition) is 3. The van der Waals surface area contributed by atoms with E-state index in [0.717, 1.165) is 28.0 Å². The van der Waals surface area contributed by atoms with Gasteiger partial charge in [-0.1, -0.05) is 37.3 Å². The molecule has 0 aliphatic heterocycles. The van der Waals surface area contributed by atoms with E-state index in [1.807, 2.05) is 42.5 Å². The minimum Gasteiger partial charge on any atom is -0.354 e. The summed E-state index contributed by atoms with van der Waals surface area (Å²) in [7, 11) is 0. The molecule has 5 heteroatoms. The summed E-state index contributed by atoms with van der Waals surface area (Å²) in [6, 6.07) is 17.4. The first-order valence-electron chi connectivity index (χ1n) is 8.03. The average Bonchev–Trinajstić information content (AvgIpc) is 2.64. The van der Waals surface area contributed by atoms with Gasteiger partial charge in [-0.05, 0) is 52.2 Å². The third kappa shape index (κ3) is 4.25. The molecule has 126 valence electrons. The maximum atomic E-state index is 12.5. The van der Waals surface area contributed by atoms with Crippen molar-refractivity contribution >= 4 is 38.9 Å². The van der Waals surface area contributed by atoms with Crippen LogP contribution in [0.3, 0.4) is 0 Å². The first kappa shape index (κ1) is 17.2. The number of hydrogen-bond donors (Lipinski definition) is 2. The molecule has 0 radical (unpaired) electrons. The number of benzene rings is 2. The number of rotatable bonds is 5. The Morgan fingerprint density at radius 2 is 1.76 bits per heavy atom. The minimum absolute atomic E-state index is 0.202. The molecule has 0 aliphatic carbocycles. The molecule has 0 aliphatic rings. The summed E-state index contributed by atoms with van der Waals surface area (Å²) in [5.74, 6) is -0.202. The van der Waals surface area contributed by atoms with E-state index in [1.54, 1.807) is 18.5 Å². The van der Waals surface area contributed by atoms with Gasteiger partial charge in [-0.25, -0.2) is 0 Å². The molecule has 0 atom stereocenters. The zero-order chi connectivity index (χ0) is 17.6. The van der Waals surface area contributed by atoms with Crippen molar-refractivity contribution in [1.29, 1.82) is 0 Å². The van der Waals surface area contributed by atoms with Crippen LogP contribution in [-0.2, 0) is 6.42 Å². The van der Waals surface area contributed by atoms with Crippen LogP contribution in [0.2, 0.25) is 0 Å². The molecule has 0 spiro atoms. The van der Waals surface area contributed by atoms with Gasteiger partial charge in [0.05, 0.1) is 23.1 Å². The van der Waals surface area contributed by atoms with E-state index >= 15 is 0 Å². The number of halogens is 1. The number of carbonyl (C=O) groups is 1. The number of pyridine rings is 1. The second-order valence-corrected chi connectivity index (χ2v) is 6.39. The summed E-state index contributed by atoms with van der Waals surface area (Å²) in [5.41, 5.74) is 4.23. The van der Waals surface area contributed by atoms with Crippen molar-refractivity contribution in [1.82, 2.24) is 4.98 Å². The lowest BCUT2D eigenvalue weighted by Crippen LogP contribution is -2.13. The van der Waals surface area contributed by atoms with Crippen LogP contribution in [0.25, 0.3) is 0 Å². The van der Waals surface area contributed by atoms with Crippen LogP contribution in [0.5, 0.6) is 0 Å². The molecule has 1 aromatic heterocycles. The topological polar surface area (TPSA) is 54.0 Å². The lowest BCUT2D eigenvalue weighted by atomic mass is 10.1. The molecule has 0 bridgehead atoms. The highest BCUT2D eigenvalue weighted by Gasteiger charge is 2.10. The summed E-state index contributed by atoms with van der Waals surface area (Å²) in [4.78, 5) is 16.7. The van der Waals surface area contributed by atoms with Crippen LogP contribution >= 0.6 is 15.9 Å². The van der Waals surface area contributed by atoms with Crippen LogP contribution in [0, 0.1) is 0 Å². The molecule has 2 N–H and O–H groups in total. The van der Waals surface area contributed by atoms with Crippen LogP contribution in [-0.4, -0.2) is 10.9 Å². The molecule has 1 heterocycles. The molecule has 0 unspecified atom stereocenters. The van der Waals surface area contributed by atoms with Crippen LogP contribution in [0.1, 0.15) is 22.8 Å². The number of para-hydroxylation sites is 2. The number of amides is 1. The molecule has 4 nitrogen and oxygen atoms in total. The quantitative estimate of drug-likeness (QED) is 0.607. The van der Waals surface area contributed by atoms with Gasteiger partial charge in [0.15, 0.2) is 0 Å². The number of nitrogens with zero attached hydrogens (tertiary/aromatic N) is 1. The van der Waals surface area contributed by atoms with Gasteiger partial charge in [-0.3, -0.25) is 9.78 Å². The van der Waals surface area contributed by atoms with Crippen molar-refractivity contribution in [2.75, 3.05) is 10.6 Å². The van der Waals surface area contributed by atoms with Crippen LogP contribution in [0.4, 0.5) is 17.1 Å². The van der Waals surface area contributed by atoms with E-state index in [9.17, 15) is 4.79 Å². The Morgan fingerprint density at radius 1 is 1.04 bits per heavy atom. The minimum atomic E-state index is -0.202. The van der Waals surface area contributed by atoms with Crippen molar-refractivity contribution in [3.63, 3.8) is 0 Å². The van der Waals surface area contributed by atoms with Crippen molar-refractivity contribution in [2.24, 2.45) is 0 Å². The molecule has 1 amide bonds. The fraction of sp³-hybridized carbons (Fsp3) is 0.100. The summed E-state index contributed by atoms with van der Waals surface area (Å²) >= 11 is 3.43. The second kappa shape index (κ2) is 7.94. The van der Waals surface area contributed by atoms with Gasteiger partial charge in [0, 0.05) is 16.4 Å². The summed E-state index contributed by atoms with van der Waals surface area (Å²) in [6.07, 6.45) is 4.20. The van der Waals surface area contributed by atoms with Crippen molar-refractivity contribution in [3.8, 4) is 0 Å². The molecule has 25 heavy (non-hydrogen) atoms. The molecule has 0 saturated carbocycles. The van der Waals surface area contributed by atoms with E-state index in [4.69, 9.17) is 0 Å².